The van der Waals surface area contributed by atoms with Crippen molar-refractivity contribution in [1.29, 1.82) is 0 Å². The Labute approximate surface area is 174 Å². The zero-order valence-electron chi connectivity index (χ0n) is 14.9. The molecule has 0 aliphatic carbocycles. The van der Waals surface area contributed by atoms with E-state index in [1.807, 2.05) is 54.6 Å². The molecule has 0 bridgehead atoms. The summed E-state index contributed by atoms with van der Waals surface area (Å²) in [5, 5.41) is 5.63. The fourth-order valence-electron chi connectivity index (χ4n) is 2.22. The van der Waals surface area contributed by atoms with Crippen molar-refractivity contribution in [3.63, 3.8) is 0 Å². The first-order chi connectivity index (χ1) is 12.5. The molecule has 2 aromatic rings. The van der Waals surface area contributed by atoms with Gasteiger partial charge in [0.1, 0.15) is 12.4 Å². The summed E-state index contributed by atoms with van der Waals surface area (Å²) in [7, 11) is 1.52. The molecule has 2 rings (SSSR count). The molecule has 27 heavy (non-hydrogen) atoms. The zero-order chi connectivity index (χ0) is 18.8. The van der Waals surface area contributed by atoms with Crippen molar-refractivity contribution >= 4 is 29.9 Å². The lowest BCUT2D eigenvalue weighted by atomic mass is 10.2. The maximum atomic E-state index is 12.2. The summed E-state index contributed by atoms with van der Waals surface area (Å²) >= 11 is 0. The van der Waals surface area contributed by atoms with Crippen LogP contribution in [0, 0.1) is 0 Å². The third-order valence-corrected chi connectivity index (χ3v) is 3.53. The second-order valence-corrected chi connectivity index (χ2v) is 5.64. The summed E-state index contributed by atoms with van der Waals surface area (Å²) in [6.07, 6.45) is -5.09. The van der Waals surface area contributed by atoms with Gasteiger partial charge in [-0.3, -0.25) is 4.99 Å². The van der Waals surface area contributed by atoms with Gasteiger partial charge in [0.2, 0.25) is 0 Å². The van der Waals surface area contributed by atoms with Gasteiger partial charge >= 0.3 is 6.18 Å². The number of nitrogens with zero attached hydrogens (tertiary/aromatic N) is 1. The van der Waals surface area contributed by atoms with E-state index in [0.717, 1.165) is 16.9 Å². The van der Waals surface area contributed by atoms with Gasteiger partial charge in [-0.15, -0.1) is 24.0 Å². The predicted octanol–water partition coefficient (Wildman–Crippen LogP) is 4.50. The molecule has 2 aromatic carbocycles. The van der Waals surface area contributed by atoms with Crippen LogP contribution in [-0.2, 0) is 13.2 Å². The highest BCUT2D eigenvalue weighted by Crippen LogP contribution is 2.18. The van der Waals surface area contributed by atoms with Crippen LogP contribution in [0.3, 0.4) is 0 Å². The first-order valence-corrected chi connectivity index (χ1v) is 8.23. The number of halogens is 4. The van der Waals surface area contributed by atoms with Gasteiger partial charge in [-0.1, -0.05) is 42.5 Å². The highest BCUT2D eigenvalue weighted by molar-refractivity contribution is 14.0. The van der Waals surface area contributed by atoms with Crippen LogP contribution < -0.4 is 15.4 Å². The average Bonchev–Trinajstić information content (AvgIpc) is 2.63. The molecular weight excluding hydrogens is 470 g/mol. The smallest absolute Gasteiger partial charge is 0.390 e. The molecule has 0 aromatic heterocycles. The molecule has 0 unspecified atom stereocenters. The Hall–Kier alpha value is -1.97. The quantitative estimate of drug-likeness (QED) is 0.339. The average molecular weight is 493 g/mol. The number of hydrogen-bond acceptors (Lipinski definition) is 2. The van der Waals surface area contributed by atoms with Crippen molar-refractivity contribution in [2.24, 2.45) is 4.99 Å². The van der Waals surface area contributed by atoms with Gasteiger partial charge in [-0.25, -0.2) is 0 Å². The highest BCUT2D eigenvalue weighted by atomic mass is 127. The second-order valence-electron chi connectivity index (χ2n) is 5.64. The molecule has 0 heterocycles. The third kappa shape index (κ3) is 9.50. The molecule has 0 amide bonds. The van der Waals surface area contributed by atoms with E-state index in [9.17, 15) is 13.2 Å². The summed E-state index contributed by atoms with van der Waals surface area (Å²) in [4.78, 5) is 3.92. The number of benzene rings is 2. The molecule has 0 radical (unpaired) electrons. The SMILES string of the molecule is CN=C(NCCC(F)(F)F)NCc1cccc(OCc2ccccc2)c1.I. The minimum Gasteiger partial charge on any atom is -0.489 e. The highest BCUT2D eigenvalue weighted by Gasteiger charge is 2.26. The van der Waals surface area contributed by atoms with E-state index in [4.69, 9.17) is 4.74 Å². The Morgan fingerprint density at radius 2 is 1.70 bits per heavy atom. The Kier molecular flexibility index (Phi) is 9.98. The van der Waals surface area contributed by atoms with E-state index >= 15 is 0 Å². The van der Waals surface area contributed by atoms with E-state index in [2.05, 4.69) is 15.6 Å². The summed E-state index contributed by atoms with van der Waals surface area (Å²) in [5.74, 6) is 1.05. The number of nitrogens with one attached hydrogen (secondary N) is 2. The molecule has 0 atom stereocenters. The van der Waals surface area contributed by atoms with E-state index < -0.39 is 12.6 Å². The summed E-state index contributed by atoms with van der Waals surface area (Å²) in [5.41, 5.74) is 2.01. The van der Waals surface area contributed by atoms with Gasteiger partial charge in [-0.05, 0) is 23.3 Å². The Morgan fingerprint density at radius 3 is 2.37 bits per heavy atom. The van der Waals surface area contributed by atoms with E-state index in [1.54, 1.807) is 0 Å². The van der Waals surface area contributed by atoms with Gasteiger partial charge in [0.05, 0.1) is 6.42 Å². The van der Waals surface area contributed by atoms with Crippen molar-refractivity contribution in [2.75, 3.05) is 13.6 Å². The minimum absolute atomic E-state index is 0. The summed E-state index contributed by atoms with van der Waals surface area (Å²) < 4.78 is 42.3. The number of alkyl halides is 3. The van der Waals surface area contributed by atoms with Gasteiger partial charge in [0.15, 0.2) is 5.96 Å². The van der Waals surface area contributed by atoms with Crippen LogP contribution in [0.25, 0.3) is 0 Å². The molecule has 0 aliphatic rings. The predicted molar refractivity (Wildman–Crippen MR) is 112 cm³/mol. The largest absolute Gasteiger partial charge is 0.489 e. The molecule has 148 valence electrons. The first kappa shape index (κ1) is 23.1. The molecular formula is C19H23F3IN3O. The van der Waals surface area contributed by atoms with Crippen LogP contribution in [0.1, 0.15) is 17.5 Å². The van der Waals surface area contributed by atoms with E-state index in [1.165, 1.54) is 7.05 Å². The van der Waals surface area contributed by atoms with Crippen LogP contribution in [0.4, 0.5) is 13.2 Å². The van der Waals surface area contributed by atoms with Crippen molar-refractivity contribution in [3.8, 4) is 5.75 Å². The van der Waals surface area contributed by atoms with Crippen molar-refractivity contribution in [3.05, 3.63) is 65.7 Å². The van der Waals surface area contributed by atoms with Crippen molar-refractivity contribution < 1.29 is 17.9 Å². The van der Waals surface area contributed by atoms with Crippen molar-refractivity contribution in [1.82, 2.24) is 10.6 Å². The monoisotopic (exact) mass is 493 g/mol. The Balaban J connectivity index is 0.00000364. The number of aliphatic imine (C=N–C) groups is 1. The zero-order valence-corrected chi connectivity index (χ0v) is 17.3. The molecule has 0 saturated carbocycles. The van der Waals surface area contributed by atoms with Crippen LogP contribution in [0.2, 0.25) is 0 Å². The molecule has 0 saturated heterocycles. The van der Waals surface area contributed by atoms with Gasteiger partial charge in [-0.2, -0.15) is 13.2 Å². The summed E-state index contributed by atoms with van der Waals surface area (Å²) in [6.45, 7) is 0.677. The second kappa shape index (κ2) is 11.7. The number of hydrogen-bond donors (Lipinski definition) is 2. The van der Waals surface area contributed by atoms with Gasteiger partial charge in [0.25, 0.3) is 0 Å². The summed E-state index contributed by atoms with van der Waals surface area (Å²) in [6, 6.07) is 17.4. The lowest BCUT2D eigenvalue weighted by molar-refractivity contribution is -0.132. The van der Waals surface area contributed by atoms with E-state index in [-0.39, 0.29) is 30.5 Å². The van der Waals surface area contributed by atoms with Crippen LogP contribution in [-0.4, -0.2) is 25.7 Å². The Bertz CT molecular complexity index is 709. The van der Waals surface area contributed by atoms with Crippen LogP contribution in [0.15, 0.2) is 59.6 Å². The van der Waals surface area contributed by atoms with Gasteiger partial charge in [0, 0.05) is 20.1 Å². The third-order valence-electron chi connectivity index (χ3n) is 3.53. The van der Waals surface area contributed by atoms with Crippen molar-refractivity contribution in [2.45, 2.75) is 25.7 Å². The molecule has 8 heteroatoms. The normalized spacial score (nSPS) is 11.5. The maximum absolute atomic E-state index is 12.2. The molecule has 4 nitrogen and oxygen atoms in total. The minimum atomic E-state index is -4.18. The Morgan fingerprint density at radius 1 is 1.00 bits per heavy atom. The molecule has 2 N–H and O–H groups in total. The topological polar surface area (TPSA) is 45.7 Å². The van der Waals surface area contributed by atoms with E-state index in [0.29, 0.717) is 19.1 Å². The van der Waals surface area contributed by atoms with Gasteiger partial charge < -0.3 is 15.4 Å². The first-order valence-electron chi connectivity index (χ1n) is 8.23. The number of rotatable bonds is 7. The molecule has 0 fully saturated rings. The lowest BCUT2D eigenvalue weighted by Gasteiger charge is -2.13. The maximum Gasteiger partial charge on any atom is 0.390 e. The number of guanidine groups is 1. The van der Waals surface area contributed by atoms with Crippen LogP contribution in [0.5, 0.6) is 5.75 Å². The van der Waals surface area contributed by atoms with Crippen LogP contribution >= 0.6 is 24.0 Å². The molecule has 0 aliphatic heterocycles. The fraction of sp³-hybridized carbons (Fsp3) is 0.316. The number of ether oxygens (including phenoxy) is 1. The molecule has 0 spiro atoms. The fourth-order valence-corrected chi connectivity index (χ4v) is 2.22. The lowest BCUT2D eigenvalue weighted by Crippen LogP contribution is -2.38. The standard InChI is InChI=1S/C19H22F3N3O.HI/c1-23-18(24-11-10-19(20,21)22)25-13-16-8-5-9-17(12-16)26-14-15-6-3-2-4-7-15;/h2-9,12H,10-11,13-14H2,1H3,(H2,23,24,25);1H.